The highest BCUT2D eigenvalue weighted by Crippen LogP contribution is 2.32. The number of carbonyl (C=O) groups excluding carboxylic acids is 2. The lowest BCUT2D eigenvalue weighted by Crippen LogP contribution is -2.54. The Morgan fingerprint density at radius 1 is 0.923 bits per heavy atom. The predicted molar refractivity (Wildman–Crippen MR) is 87.0 cm³/mol. The van der Waals surface area contributed by atoms with Crippen LogP contribution in [-0.2, 0) is 10.7 Å². The van der Waals surface area contributed by atoms with Crippen LogP contribution in [0, 0.1) is 5.82 Å². The Morgan fingerprint density at radius 2 is 1.54 bits per heavy atom. The summed E-state index contributed by atoms with van der Waals surface area (Å²) in [5, 5.41) is 0. The molecule has 0 unspecified atom stereocenters. The van der Waals surface area contributed by atoms with Crippen molar-refractivity contribution in [1.29, 1.82) is 0 Å². The summed E-state index contributed by atoms with van der Waals surface area (Å²) in [6.07, 6.45) is 1.49. The first-order valence-corrected chi connectivity index (χ1v) is 8.04. The lowest BCUT2D eigenvalue weighted by Gasteiger charge is -2.36. The van der Waals surface area contributed by atoms with Gasteiger partial charge in [0, 0.05) is 32.4 Å². The van der Waals surface area contributed by atoms with Crippen LogP contribution in [-0.4, -0.2) is 52.8 Å². The minimum Gasteiger partial charge on any atom is -0.334 e. The smallest absolute Gasteiger partial charge is 0.334 e. The van der Waals surface area contributed by atoms with Crippen molar-refractivity contribution in [3.8, 4) is 0 Å². The maximum absolute atomic E-state index is 14.4. The van der Waals surface area contributed by atoms with Gasteiger partial charge in [-0.3, -0.25) is 14.6 Å². The molecular formula is C18H16F3N3O2. The Labute approximate surface area is 148 Å². The molecule has 26 heavy (non-hydrogen) atoms. The normalized spacial score (nSPS) is 15.0. The van der Waals surface area contributed by atoms with Crippen LogP contribution >= 0.6 is 0 Å². The van der Waals surface area contributed by atoms with E-state index in [1.54, 1.807) is 18.2 Å². The lowest BCUT2D eigenvalue weighted by atomic mass is 10.1. The van der Waals surface area contributed by atoms with Crippen LogP contribution in [0.3, 0.4) is 0 Å². The number of halogens is 3. The molecule has 0 radical (unpaired) electrons. The van der Waals surface area contributed by atoms with Crippen LogP contribution in [0.1, 0.15) is 16.1 Å². The number of carbonyl (C=O) groups is 2. The van der Waals surface area contributed by atoms with Crippen molar-refractivity contribution >= 4 is 11.8 Å². The molecule has 1 aliphatic rings. The van der Waals surface area contributed by atoms with Gasteiger partial charge >= 0.3 is 5.92 Å². The number of amides is 2. The Morgan fingerprint density at radius 3 is 2.15 bits per heavy atom. The van der Waals surface area contributed by atoms with Gasteiger partial charge in [0.05, 0.1) is 5.56 Å². The maximum Gasteiger partial charge on any atom is 0.352 e. The second-order valence-corrected chi connectivity index (χ2v) is 5.85. The molecular weight excluding hydrogens is 347 g/mol. The summed E-state index contributed by atoms with van der Waals surface area (Å²) in [5.74, 6) is -6.88. The number of benzene rings is 1. The molecule has 3 rings (SSSR count). The molecule has 8 heteroatoms. The molecule has 2 heterocycles. The summed E-state index contributed by atoms with van der Waals surface area (Å²) in [4.78, 5) is 30.9. The van der Waals surface area contributed by atoms with Crippen LogP contribution in [0.5, 0.6) is 0 Å². The van der Waals surface area contributed by atoms with Gasteiger partial charge < -0.3 is 9.80 Å². The molecule has 0 N–H and O–H groups in total. The maximum atomic E-state index is 14.4. The second kappa shape index (κ2) is 7.15. The van der Waals surface area contributed by atoms with Gasteiger partial charge in [-0.05, 0) is 24.3 Å². The van der Waals surface area contributed by atoms with Gasteiger partial charge in [0.25, 0.3) is 11.8 Å². The zero-order valence-corrected chi connectivity index (χ0v) is 13.7. The molecule has 0 aliphatic carbocycles. The van der Waals surface area contributed by atoms with E-state index in [-0.39, 0.29) is 37.8 Å². The zero-order chi connectivity index (χ0) is 18.7. The summed E-state index contributed by atoms with van der Waals surface area (Å²) in [5.41, 5.74) is -0.694. The standard InChI is InChI=1S/C18H16F3N3O2/c19-14-6-2-1-5-13(14)18(20,21)17(26)24-11-9-23(10-12-24)16(25)15-7-3-4-8-22-15/h1-8H,9-12H2. The quantitative estimate of drug-likeness (QED) is 0.841. The number of piperazine rings is 1. The number of hydrogen-bond donors (Lipinski definition) is 0. The minimum absolute atomic E-state index is 0.0541. The Balaban J connectivity index is 1.67. The van der Waals surface area contributed by atoms with E-state index in [2.05, 4.69) is 4.98 Å². The highest BCUT2D eigenvalue weighted by molar-refractivity contribution is 5.92. The highest BCUT2D eigenvalue weighted by atomic mass is 19.3. The topological polar surface area (TPSA) is 53.5 Å². The van der Waals surface area contributed by atoms with Crippen molar-refractivity contribution in [1.82, 2.24) is 14.8 Å². The number of hydrogen-bond acceptors (Lipinski definition) is 3. The van der Waals surface area contributed by atoms with E-state index < -0.39 is 23.2 Å². The predicted octanol–water partition coefficient (Wildman–Crippen LogP) is 2.30. The third-order valence-electron chi connectivity index (χ3n) is 4.22. The van der Waals surface area contributed by atoms with Gasteiger partial charge in [-0.25, -0.2) is 4.39 Å². The van der Waals surface area contributed by atoms with E-state index in [4.69, 9.17) is 0 Å². The van der Waals surface area contributed by atoms with Gasteiger partial charge in [0.2, 0.25) is 0 Å². The Kier molecular flexibility index (Phi) is 4.92. The fourth-order valence-electron chi connectivity index (χ4n) is 2.79. The fraction of sp³-hybridized carbons (Fsp3) is 0.278. The monoisotopic (exact) mass is 363 g/mol. The van der Waals surface area contributed by atoms with Crippen LogP contribution in [0.2, 0.25) is 0 Å². The number of pyridine rings is 1. The summed E-state index contributed by atoms with van der Waals surface area (Å²) in [6.45, 7) is 0.103. The van der Waals surface area contributed by atoms with Gasteiger partial charge in [-0.1, -0.05) is 18.2 Å². The third kappa shape index (κ3) is 3.40. The van der Waals surface area contributed by atoms with Crippen LogP contribution in [0.4, 0.5) is 13.2 Å². The van der Waals surface area contributed by atoms with E-state index >= 15 is 0 Å². The first kappa shape index (κ1) is 17.9. The molecule has 1 aliphatic heterocycles. The minimum atomic E-state index is -3.96. The first-order valence-electron chi connectivity index (χ1n) is 8.04. The lowest BCUT2D eigenvalue weighted by molar-refractivity contribution is -0.160. The molecule has 0 saturated carbocycles. The van der Waals surface area contributed by atoms with Gasteiger partial charge in [-0.15, -0.1) is 0 Å². The van der Waals surface area contributed by atoms with Crippen molar-refractivity contribution in [2.75, 3.05) is 26.2 Å². The largest absolute Gasteiger partial charge is 0.352 e. The average molecular weight is 363 g/mol. The second-order valence-electron chi connectivity index (χ2n) is 5.85. The van der Waals surface area contributed by atoms with E-state index in [0.717, 1.165) is 17.0 Å². The molecule has 0 bridgehead atoms. The van der Waals surface area contributed by atoms with E-state index in [1.165, 1.54) is 23.2 Å². The van der Waals surface area contributed by atoms with Crippen molar-refractivity contribution in [2.24, 2.45) is 0 Å². The Hall–Kier alpha value is -2.90. The van der Waals surface area contributed by atoms with Crippen LogP contribution in [0.25, 0.3) is 0 Å². The molecule has 1 saturated heterocycles. The van der Waals surface area contributed by atoms with E-state index in [9.17, 15) is 22.8 Å². The van der Waals surface area contributed by atoms with Gasteiger partial charge in [-0.2, -0.15) is 8.78 Å². The molecule has 2 aromatic rings. The first-order chi connectivity index (χ1) is 12.4. The molecule has 2 amide bonds. The molecule has 1 aromatic heterocycles. The number of alkyl halides is 2. The highest BCUT2D eigenvalue weighted by Gasteiger charge is 2.46. The molecule has 1 fully saturated rings. The summed E-state index contributed by atoms with van der Waals surface area (Å²) in [7, 11) is 0. The fourth-order valence-corrected chi connectivity index (χ4v) is 2.79. The molecule has 136 valence electrons. The summed E-state index contributed by atoms with van der Waals surface area (Å²) >= 11 is 0. The van der Waals surface area contributed by atoms with Crippen molar-refractivity contribution in [2.45, 2.75) is 5.92 Å². The van der Waals surface area contributed by atoms with Gasteiger partial charge in [0.15, 0.2) is 0 Å². The SMILES string of the molecule is O=C(c1ccccn1)N1CCN(C(=O)C(F)(F)c2ccccc2F)CC1. The molecule has 1 aromatic carbocycles. The number of rotatable bonds is 3. The molecule has 5 nitrogen and oxygen atoms in total. The van der Waals surface area contributed by atoms with E-state index in [0.29, 0.717) is 0 Å². The van der Waals surface area contributed by atoms with Crippen LogP contribution < -0.4 is 0 Å². The van der Waals surface area contributed by atoms with Crippen molar-refractivity contribution in [3.05, 3.63) is 65.7 Å². The van der Waals surface area contributed by atoms with Crippen LogP contribution in [0.15, 0.2) is 48.7 Å². The Bertz CT molecular complexity index is 806. The van der Waals surface area contributed by atoms with Crippen molar-refractivity contribution in [3.63, 3.8) is 0 Å². The number of aromatic nitrogens is 1. The third-order valence-corrected chi connectivity index (χ3v) is 4.22. The van der Waals surface area contributed by atoms with E-state index in [1.807, 2.05) is 0 Å². The summed E-state index contributed by atoms with van der Waals surface area (Å²) < 4.78 is 42.4. The van der Waals surface area contributed by atoms with Gasteiger partial charge in [0.1, 0.15) is 11.5 Å². The average Bonchev–Trinajstić information content (AvgIpc) is 2.68. The van der Waals surface area contributed by atoms with Crippen molar-refractivity contribution < 1.29 is 22.8 Å². The summed E-state index contributed by atoms with van der Waals surface area (Å²) in [6, 6.07) is 9.23. The molecule has 0 atom stereocenters. The zero-order valence-electron chi connectivity index (χ0n) is 13.7. The number of nitrogens with zero attached hydrogens (tertiary/aromatic N) is 3. The molecule has 0 spiro atoms.